The molecule has 0 aliphatic heterocycles. The third-order valence-electron chi connectivity index (χ3n) is 3.35. The lowest BCUT2D eigenvalue weighted by Crippen LogP contribution is -2.34. The van der Waals surface area contributed by atoms with Gasteiger partial charge in [0.05, 0.1) is 6.54 Å². The second-order valence-electron chi connectivity index (χ2n) is 5.77. The summed E-state index contributed by atoms with van der Waals surface area (Å²) in [6.07, 6.45) is -1.08. The van der Waals surface area contributed by atoms with Gasteiger partial charge in [-0.2, -0.15) is 5.26 Å². The van der Waals surface area contributed by atoms with E-state index in [0.717, 1.165) is 4.57 Å². The van der Waals surface area contributed by atoms with Gasteiger partial charge < -0.3 is 14.6 Å². The Morgan fingerprint density at radius 3 is 2.38 bits per heavy atom. The number of carbonyl (C=O) groups excluding carboxylic acids is 2. The number of nitrogens with zero attached hydrogens (tertiary/aromatic N) is 2. The van der Waals surface area contributed by atoms with Gasteiger partial charge in [-0.15, -0.1) is 0 Å². The van der Waals surface area contributed by atoms with Crippen LogP contribution < -0.4 is 5.56 Å². The zero-order valence-electron chi connectivity index (χ0n) is 14.9. The molecule has 0 saturated carbocycles. The molecule has 8 nitrogen and oxygen atoms in total. The topological polar surface area (TPSA) is 119 Å². The smallest absolute Gasteiger partial charge is 0.333 e. The van der Waals surface area contributed by atoms with Gasteiger partial charge >= 0.3 is 11.9 Å². The van der Waals surface area contributed by atoms with Crippen molar-refractivity contribution in [1.29, 1.82) is 5.26 Å². The van der Waals surface area contributed by atoms with Crippen LogP contribution in [0.25, 0.3) is 0 Å². The summed E-state index contributed by atoms with van der Waals surface area (Å²) >= 11 is 0. The molecule has 0 saturated heterocycles. The van der Waals surface area contributed by atoms with Crippen molar-refractivity contribution < 1.29 is 24.2 Å². The number of esters is 2. The molecule has 1 aromatic heterocycles. The minimum absolute atomic E-state index is 0.0755. The van der Waals surface area contributed by atoms with E-state index in [4.69, 9.17) is 14.7 Å². The van der Waals surface area contributed by atoms with E-state index in [2.05, 4.69) is 13.2 Å². The number of hydrogen-bond donors (Lipinski definition) is 1. The monoisotopic (exact) mass is 360 g/mol. The van der Waals surface area contributed by atoms with Crippen LogP contribution in [0.2, 0.25) is 0 Å². The first kappa shape index (κ1) is 20.7. The number of hydrogen-bond acceptors (Lipinski definition) is 7. The summed E-state index contributed by atoms with van der Waals surface area (Å²) in [6.45, 7) is 10.6. The lowest BCUT2D eigenvalue weighted by Gasteiger charge is -2.20. The van der Waals surface area contributed by atoms with Gasteiger partial charge in [0.15, 0.2) is 6.10 Å². The number of nitriles is 1. The molecule has 8 heteroatoms. The van der Waals surface area contributed by atoms with Crippen LogP contribution in [0.4, 0.5) is 0 Å². The largest absolute Gasteiger partial charge is 0.493 e. The molecule has 0 aromatic carbocycles. The van der Waals surface area contributed by atoms with Gasteiger partial charge in [0.2, 0.25) is 5.88 Å². The standard InChI is InChI=1S/C18H20N2O6/c1-10(2)17(23)25-9-13(26-18(24)11(3)4)8-20-15(21)6-12(5)14(7-19)16(20)22/h6,13,22H,1,3,8-9H2,2,4-5H3. The predicted molar refractivity (Wildman–Crippen MR) is 92.3 cm³/mol. The first-order valence-corrected chi connectivity index (χ1v) is 7.61. The minimum Gasteiger partial charge on any atom is -0.493 e. The summed E-state index contributed by atoms with van der Waals surface area (Å²) in [5.74, 6) is -2.00. The van der Waals surface area contributed by atoms with Crippen molar-refractivity contribution in [3.8, 4) is 11.9 Å². The molecule has 1 unspecified atom stereocenters. The van der Waals surface area contributed by atoms with Crippen LogP contribution in [-0.4, -0.2) is 34.3 Å². The zero-order chi connectivity index (χ0) is 20.0. The lowest BCUT2D eigenvalue weighted by atomic mass is 10.1. The third-order valence-corrected chi connectivity index (χ3v) is 3.35. The highest BCUT2D eigenvalue weighted by Crippen LogP contribution is 2.18. The van der Waals surface area contributed by atoms with E-state index in [-0.39, 0.29) is 29.9 Å². The second-order valence-corrected chi connectivity index (χ2v) is 5.77. The Labute approximate surface area is 150 Å². The maximum atomic E-state index is 12.1. The highest BCUT2D eigenvalue weighted by molar-refractivity contribution is 5.87. The van der Waals surface area contributed by atoms with Crippen molar-refractivity contribution in [1.82, 2.24) is 4.57 Å². The van der Waals surface area contributed by atoms with Gasteiger partial charge in [-0.3, -0.25) is 9.36 Å². The Balaban J connectivity index is 3.16. The van der Waals surface area contributed by atoms with Crippen molar-refractivity contribution in [3.63, 3.8) is 0 Å². The van der Waals surface area contributed by atoms with Crippen LogP contribution in [0.1, 0.15) is 25.0 Å². The molecule has 0 fully saturated rings. The Morgan fingerprint density at radius 2 is 1.88 bits per heavy atom. The lowest BCUT2D eigenvalue weighted by molar-refractivity contribution is -0.154. The molecule has 0 radical (unpaired) electrons. The third kappa shape index (κ3) is 5.08. The van der Waals surface area contributed by atoms with Gasteiger partial charge in [-0.1, -0.05) is 13.2 Å². The van der Waals surface area contributed by atoms with Crippen LogP contribution in [0, 0.1) is 18.3 Å². The molecule has 0 bridgehead atoms. The fourth-order valence-electron chi connectivity index (χ4n) is 1.94. The number of aromatic hydroxyl groups is 1. The molecule has 1 aromatic rings. The maximum absolute atomic E-state index is 12.1. The van der Waals surface area contributed by atoms with Crippen molar-refractivity contribution in [2.45, 2.75) is 33.4 Å². The van der Waals surface area contributed by atoms with E-state index < -0.39 is 29.5 Å². The fourth-order valence-corrected chi connectivity index (χ4v) is 1.94. The molecular formula is C18H20N2O6. The first-order chi connectivity index (χ1) is 12.1. The van der Waals surface area contributed by atoms with Gasteiger partial charge in [-0.05, 0) is 26.3 Å². The minimum atomic E-state index is -1.08. The second kappa shape index (κ2) is 8.67. The van der Waals surface area contributed by atoms with Crippen molar-refractivity contribution >= 4 is 11.9 Å². The van der Waals surface area contributed by atoms with Crippen LogP contribution >= 0.6 is 0 Å². The number of rotatable bonds is 7. The van der Waals surface area contributed by atoms with Crippen molar-refractivity contribution in [2.24, 2.45) is 0 Å². The van der Waals surface area contributed by atoms with E-state index in [0.29, 0.717) is 5.56 Å². The van der Waals surface area contributed by atoms with E-state index in [9.17, 15) is 19.5 Å². The average molecular weight is 360 g/mol. The van der Waals surface area contributed by atoms with E-state index >= 15 is 0 Å². The van der Waals surface area contributed by atoms with Gasteiger partial charge in [-0.25, -0.2) is 9.59 Å². The Hall–Kier alpha value is -3.34. The van der Waals surface area contributed by atoms with Gasteiger partial charge in [0.1, 0.15) is 18.2 Å². The number of carbonyl (C=O) groups is 2. The maximum Gasteiger partial charge on any atom is 0.333 e. The molecule has 0 spiro atoms. The first-order valence-electron chi connectivity index (χ1n) is 7.61. The Morgan fingerprint density at radius 1 is 1.31 bits per heavy atom. The summed E-state index contributed by atoms with van der Waals surface area (Å²) in [5, 5.41) is 19.3. The SMILES string of the molecule is C=C(C)C(=O)OCC(Cn1c(O)c(C#N)c(C)cc1=O)OC(=O)C(=C)C. The normalized spacial score (nSPS) is 11.2. The van der Waals surface area contributed by atoms with Crippen molar-refractivity contribution in [2.75, 3.05) is 6.61 Å². The highest BCUT2D eigenvalue weighted by atomic mass is 16.6. The summed E-state index contributed by atoms with van der Waals surface area (Å²) < 4.78 is 11.0. The number of pyridine rings is 1. The average Bonchev–Trinajstić information content (AvgIpc) is 2.55. The van der Waals surface area contributed by atoms with E-state index in [1.165, 1.54) is 26.8 Å². The predicted octanol–water partition coefficient (Wildman–Crippen LogP) is 1.34. The summed E-state index contributed by atoms with van der Waals surface area (Å²) in [4.78, 5) is 35.5. The molecule has 138 valence electrons. The summed E-state index contributed by atoms with van der Waals surface area (Å²) in [6, 6.07) is 2.98. The summed E-state index contributed by atoms with van der Waals surface area (Å²) in [5.41, 5.74) is -0.0953. The number of aryl methyl sites for hydroxylation is 1. The highest BCUT2D eigenvalue weighted by Gasteiger charge is 2.22. The number of aromatic nitrogens is 1. The molecule has 1 rings (SSSR count). The Bertz CT molecular complexity index is 860. The van der Waals surface area contributed by atoms with Crippen LogP contribution in [0.3, 0.4) is 0 Å². The van der Waals surface area contributed by atoms with Gasteiger partial charge in [0.25, 0.3) is 5.56 Å². The van der Waals surface area contributed by atoms with Crippen molar-refractivity contribution in [3.05, 3.63) is 51.9 Å². The molecule has 0 aliphatic carbocycles. The molecular weight excluding hydrogens is 340 g/mol. The number of ether oxygens (including phenoxy) is 2. The zero-order valence-corrected chi connectivity index (χ0v) is 14.9. The van der Waals surface area contributed by atoms with Crippen LogP contribution in [-0.2, 0) is 25.6 Å². The summed E-state index contributed by atoms with van der Waals surface area (Å²) in [7, 11) is 0. The quantitative estimate of drug-likeness (QED) is 0.576. The molecule has 0 aliphatic rings. The van der Waals surface area contributed by atoms with Crippen LogP contribution in [0.15, 0.2) is 35.2 Å². The molecule has 1 heterocycles. The van der Waals surface area contributed by atoms with Gasteiger partial charge in [0, 0.05) is 17.2 Å². The van der Waals surface area contributed by atoms with Crippen LogP contribution in [0.5, 0.6) is 5.88 Å². The molecule has 1 N–H and O–H groups in total. The molecule has 26 heavy (non-hydrogen) atoms. The molecule has 1 atom stereocenters. The van der Waals surface area contributed by atoms with E-state index in [1.807, 2.05) is 0 Å². The van der Waals surface area contributed by atoms with E-state index in [1.54, 1.807) is 6.07 Å². The Kier molecular flexibility index (Phi) is 6.90. The molecule has 0 amide bonds. The fraction of sp³-hybridized carbons (Fsp3) is 0.333.